The normalized spacial score (nSPS) is 11.3. The van der Waals surface area contributed by atoms with E-state index in [1.165, 1.54) is 21.1 Å². The molecule has 232 valence electrons. The highest BCUT2D eigenvalue weighted by atomic mass is 32.2. The summed E-state index contributed by atoms with van der Waals surface area (Å²) >= 11 is 0. The van der Waals surface area contributed by atoms with Gasteiger partial charge in [-0.25, -0.2) is 22.3 Å². The first-order valence-electron chi connectivity index (χ1n) is 14.4. The van der Waals surface area contributed by atoms with Crippen molar-refractivity contribution in [1.82, 2.24) is 9.78 Å². The summed E-state index contributed by atoms with van der Waals surface area (Å²) in [6.45, 7) is 4.21. The number of carbonyl (C=O) groups is 1. The number of sulfonamides is 1. The zero-order valence-electron chi connectivity index (χ0n) is 25.0. The number of nitrogens with zero attached hydrogens (tertiary/aromatic N) is 3. The molecule has 11 heteroatoms. The first-order valence-corrected chi connectivity index (χ1v) is 15.9. The number of hydrogen-bond donors (Lipinski definition) is 2. The number of aromatic nitrogens is 2. The number of rotatable bonds is 12. The Bertz CT molecular complexity index is 1830. The Kier molecular flexibility index (Phi) is 9.91. The van der Waals surface area contributed by atoms with E-state index in [1.807, 2.05) is 48.5 Å². The number of nitrogens with one attached hydrogen (secondary N) is 2. The third kappa shape index (κ3) is 7.75. The molecular formula is C34H34FN5O4S. The summed E-state index contributed by atoms with van der Waals surface area (Å²) in [7, 11) is -4.11. The number of anilines is 3. The van der Waals surface area contributed by atoms with E-state index in [-0.39, 0.29) is 11.4 Å². The van der Waals surface area contributed by atoms with Crippen molar-refractivity contribution in [2.75, 3.05) is 28.1 Å². The Morgan fingerprint density at radius 1 is 0.844 bits per heavy atom. The summed E-state index contributed by atoms with van der Waals surface area (Å²) in [6.07, 6.45) is 0.426. The minimum atomic E-state index is -4.11. The lowest BCUT2D eigenvalue weighted by Crippen LogP contribution is -2.33. The van der Waals surface area contributed by atoms with Crippen LogP contribution in [0.25, 0.3) is 5.69 Å². The van der Waals surface area contributed by atoms with Crippen molar-refractivity contribution in [1.29, 1.82) is 0 Å². The first-order chi connectivity index (χ1) is 21.7. The Balaban J connectivity index is 1.37. The number of amides is 2. The predicted molar refractivity (Wildman–Crippen MR) is 174 cm³/mol. The van der Waals surface area contributed by atoms with Gasteiger partial charge in [0.2, 0.25) is 0 Å². The Labute approximate surface area is 262 Å². The van der Waals surface area contributed by atoms with Gasteiger partial charge in [-0.1, -0.05) is 48.5 Å². The first kappa shape index (κ1) is 31.4. The zero-order chi connectivity index (χ0) is 31.8. The van der Waals surface area contributed by atoms with E-state index >= 15 is 0 Å². The maximum Gasteiger partial charge on any atom is 0.323 e. The van der Waals surface area contributed by atoms with Gasteiger partial charge in [-0.15, -0.1) is 0 Å². The largest absolute Gasteiger partial charge is 0.377 e. The van der Waals surface area contributed by atoms with Crippen LogP contribution in [0.15, 0.2) is 114 Å². The number of urea groups is 1. The fraction of sp³-hybridized carbons (Fsp3) is 0.176. The molecule has 0 aliphatic carbocycles. The van der Waals surface area contributed by atoms with Crippen LogP contribution in [-0.4, -0.2) is 37.4 Å². The average Bonchev–Trinajstić information content (AvgIpc) is 3.34. The van der Waals surface area contributed by atoms with Gasteiger partial charge in [-0.2, -0.15) is 5.10 Å². The van der Waals surface area contributed by atoms with Crippen LogP contribution in [0, 0.1) is 19.7 Å². The molecule has 0 bridgehead atoms. The zero-order valence-corrected chi connectivity index (χ0v) is 25.8. The molecule has 0 spiro atoms. The van der Waals surface area contributed by atoms with Crippen molar-refractivity contribution in [2.45, 2.75) is 31.8 Å². The molecule has 45 heavy (non-hydrogen) atoms. The molecule has 0 saturated heterocycles. The van der Waals surface area contributed by atoms with Gasteiger partial charge in [-0.05, 0) is 86.5 Å². The van der Waals surface area contributed by atoms with Gasteiger partial charge in [-0.3, -0.25) is 4.31 Å². The second kappa shape index (κ2) is 14.2. The van der Waals surface area contributed by atoms with Crippen molar-refractivity contribution in [2.24, 2.45) is 0 Å². The minimum Gasteiger partial charge on any atom is -0.377 e. The van der Waals surface area contributed by atoms with Crippen LogP contribution in [0.1, 0.15) is 23.4 Å². The molecule has 1 aromatic heterocycles. The van der Waals surface area contributed by atoms with Gasteiger partial charge in [0.15, 0.2) is 0 Å². The highest BCUT2D eigenvalue weighted by Crippen LogP contribution is 2.30. The maximum absolute atomic E-state index is 14.3. The third-order valence-corrected chi connectivity index (χ3v) is 9.13. The van der Waals surface area contributed by atoms with Gasteiger partial charge in [0.05, 0.1) is 29.4 Å². The van der Waals surface area contributed by atoms with E-state index in [9.17, 15) is 17.6 Å². The smallest absolute Gasteiger partial charge is 0.323 e. The molecule has 0 unspecified atom stereocenters. The van der Waals surface area contributed by atoms with Crippen molar-refractivity contribution in [3.63, 3.8) is 0 Å². The summed E-state index contributed by atoms with van der Waals surface area (Å²) in [5.74, 6) is -0.399. The molecule has 5 aromatic rings. The average molecular weight is 628 g/mol. The van der Waals surface area contributed by atoms with Crippen LogP contribution in [0.4, 0.5) is 26.2 Å². The van der Waals surface area contributed by atoms with E-state index in [0.29, 0.717) is 53.8 Å². The summed E-state index contributed by atoms with van der Waals surface area (Å²) in [6, 6.07) is 30.7. The quantitative estimate of drug-likeness (QED) is 0.144. The molecule has 5 rings (SSSR count). The highest BCUT2D eigenvalue weighted by molar-refractivity contribution is 7.93. The van der Waals surface area contributed by atoms with Gasteiger partial charge in [0.1, 0.15) is 10.7 Å². The number of aryl methyl sites for hydroxylation is 1. The molecule has 0 fully saturated rings. The molecule has 2 amide bonds. The number of benzene rings is 4. The lowest BCUT2D eigenvalue weighted by atomic mass is 10.2. The molecule has 0 radical (unpaired) electrons. The predicted octanol–water partition coefficient (Wildman–Crippen LogP) is 7.07. The second-order valence-corrected chi connectivity index (χ2v) is 12.1. The van der Waals surface area contributed by atoms with Crippen molar-refractivity contribution in [3.8, 4) is 5.69 Å². The number of ether oxygens (including phenoxy) is 1. The highest BCUT2D eigenvalue weighted by Gasteiger charge is 2.31. The lowest BCUT2D eigenvalue weighted by molar-refractivity contribution is 0.120. The van der Waals surface area contributed by atoms with Crippen LogP contribution < -0.4 is 14.9 Å². The van der Waals surface area contributed by atoms with Gasteiger partial charge >= 0.3 is 6.03 Å². The fourth-order valence-corrected chi connectivity index (χ4v) is 6.80. The molecule has 2 N–H and O–H groups in total. The Morgan fingerprint density at radius 3 is 2.09 bits per heavy atom. The molecule has 0 aliphatic heterocycles. The van der Waals surface area contributed by atoms with E-state index in [2.05, 4.69) is 15.7 Å². The lowest BCUT2D eigenvalue weighted by Gasteiger charge is -2.25. The van der Waals surface area contributed by atoms with Gasteiger partial charge in [0.25, 0.3) is 10.0 Å². The fourth-order valence-electron chi connectivity index (χ4n) is 4.93. The second-order valence-electron chi connectivity index (χ2n) is 10.3. The van der Waals surface area contributed by atoms with Crippen LogP contribution in [-0.2, 0) is 21.4 Å². The number of carbonyl (C=O) groups excluding carboxylic acids is 1. The summed E-state index contributed by atoms with van der Waals surface area (Å²) in [5.41, 5.74) is 3.85. The summed E-state index contributed by atoms with van der Waals surface area (Å²) in [4.78, 5) is 12.6. The van der Waals surface area contributed by atoms with Crippen LogP contribution in [0.5, 0.6) is 0 Å². The Hall–Kier alpha value is -5.00. The molecule has 0 aliphatic rings. The molecule has 0 saturated carbocycles. The number of halogens is 1. The van der Waals surface area contributed by atoms with E-state index in [0.717, 1.165) is 5.56 Å². The topological polar surface area (TPSA) is 106 Å². The van der Waals surface area contributed by atoms with Crippen LogP contribution in [0.2, 0.25) is 0 Å². The SMILES string of the molecule is Cc1nn(-c2ccc(F)cc2)c(C)c1S(=O)(=O)N(CCCOCc1ccccc1)c1ccc(NC(=O)Nc2ccccc2)cc1. The van der Waals surface area contributed by atoms with Crippen molar-refractivity contribution < 1.29 is 22.3 Å². The van der Waals surface area contributed by atoms with E-state index in [4.69, 9.17) is 4.74 Å². The maximum atomic E-state index is 14.3. The molecule has 9 nitrogen and oxygen atoms in total. The number of para-hydroxylation sites is 1. The van der Waals surface area contributed by atoms with E-state index < -0.39 is 21.9 Å². The van der Waals surface area contributed by atoms with Gasteiger partial charge < -0.3 is 15.4 Å². The third-order valence-electron chi connectivity index (χ3n) is 7.05. The molecule has 4 aromatic carbocycles. The molecule has 1 heterocycles. The standard InChI is InChI=1S/C34H34FN5O4S/c1-25-33(26(2)40(38-25)32-18-14-28(35)15-19-32)45(42,43)39(22-9-23-44-24-27-10-5-3-6-11-27)31-20-16-30(17-21-31)37-34(41)36-29-12-7-4-8-13-29/h3-8,10-21H,9,22-24H2,1-2H3,(H2,36,37,41). The Morgan fingerprint density at radius 2 is 1.44 bits per heavy atom. The minimum absolute atomic E-state index is 0.0708. The number of hydrogen-bond acceptors (Lipinski definition) is 5. The van der Waals surface area contributed by atoms with Gasteiger partial charge in [0, 0.05) is 24.5 Å². The monoisotopic (exact) mass is 627 g/mol. The van der Waals surface area contributed by atoms with E-state index in [1.54, 1.807) is 62.4 Å². The van der Waals surface area contributed by atoms with Crippen molar-refractivity contribution >= 4 is 33.1 Å². The molecular weight excluding hydrogens is 593 g/mol. The van der Waals surface area contributed by atoms with Crippen LogP contribution in [0.3, 0.4) is 0 Å². The van der Waals surface area contributed by atoms with Crippen LogP contribution >= 0.6 is 0 Å². The summed E-state index contributed by atoms with van der Waals surface area (Å²) < 4.78 is 50.9. The van der Waals surface area contributed by atoms with Crippen molar-refractivity contribution in [3.05, 3.63) is 132 Å². The summed E-state index contributed by atoms with van der Waals surface area (Å²) in [5, 5.41) is 10.0. The molecule has 0 atom stereocenters.